The van der Waals surface area contributed by atoms with Crippen LogP contribution in [0.3, 0.4) is 0 Å². The fourth-order valence-corrected chi connectivity index (χ4v) is 5.96. The van der Waals surface area contributed by atoms with Gasteiger partial charge in [-0.2, -0.15) is 0 Å². The number of alkyl halides is 2. The van der Waals surface area contributed by atoms with E-state index in [0.717, 1.165) is 5.56 Å². The number of rotatable bonds is 9. The van der Waals surface area contributed by atoms with E-state index in [1.807, 2.05) is 13.0 Å². The molecule has 46 heavy (non-hydrogen) atoms. The third-order valence-corrected chi connectivity index (χ3v) is 8.77. The third kappa shape index (κ3) is 7.48. The number of carbonyl (C=O) groups excluding carboxylic acids is 1. The average Bonchev–Trinajstić information content (AvgIpc) is 3.04. The minimum Gasteiger partial charge on any atom is -0.463 e. The Morgan fingerprint density at radius 3 is 2.43 bits per heavy atom. The van der Waals surface area contributed by atoms with Crippen LogP contribution in [0.25, 0.3) is 11.3 Å². The van der Waals surface area contributed by atoms with E-state index >= 15 is 0 Å². The van der Waals surface area contributed by atoms with E-state index in [0.29, 0.717) is 48.5 Å². The number of hydrogen-bond donors (Lipinski definition) is 6. The van der Waals surface area contributed by atoms with E-state index in [9.17, 15) is 39.1 Å². The molecule has 6 atom stereocenters. The van der Waals surface area contributed by atoms with Gasteiger partial charge in [-0.25, -0.2) is 18.7 Å². The van der Waals surface area contributed by atoms with Crippen LogP contribution in [0.15, 0.2) is 48.8 Å². The highest BCUT2D eigenvalue weighted by Crippen LogP contribution is 2.41. The second kappa shape index (κ2) is 14.0. The number of carbonyl (C=O) groups is 1. The predicted octanol–water partition coefficient (Wildman–Crippen LogP) is 2.89. The van der Waals surface area contributed by atoms with Crippen molar-refractivity contribution in [2.45, 2.75) is 82.3 Å². The number of hydrogen-bond acceptors (Lipinski definition) is 12. The van der Waals surface area contributed by atoms with Crippen molar-refractivity contribution in [2.24, 2.45) is 11.8 Å². The molecule has 0 aromatic carbocycles. The van der Waals surface area contributed by atoms with Gasteiger partial charge in [-0.1, -0.05) is 0 Å². The minimum atomic E-state index is -2.62. The molecule has 3 aromatic heterocycles. The lowest BCUT2D eigenvalue weighted by Crippen LogP contribution is -2.58. The number of aryl methyl sites for hydroxylation is 1. The van der Waals surface area contributed by atoms with E-state index in [-0.39, 0.29) is 17.3 Å². The highest BCUT2D eigenvalue weighted by atomic mass is 19.3. The van der Waals surface area contributed by atoms with Gasteiger partial charge in [0.05, 0.1) is 17.3 Å². The molecule has 1 saturated heterocycles. The third-order valence-electron chi connectivity index (χ3n) is 8.77. The molecule has 1 aliphatic carbocycles. The molecule has 248 valence electrons. The van der Waals surface area contributed by atoms with Crippen LogP contribution in [0.5, 0.6) is 0 Å². The van der Waals surface area contributed by atoms with Gasteiger partial charge in [0, 0.05) is 23.5 Å². The predicted molar refractivity (Wildman–Crippen MR) is 160 cm³/mol. The number of aliphatic hydroxyl groups excluding tert-OH is 4. The minimum absolute atomic E-state index is 0.151. The number of esters is 1. The van der Waals surface area contributed by atoms with Crippen molar-refractivity contribution in [2.75, 3.05) is 11.9 Å². The Labute approximate surface area is 264 Å². The van der Waals surface area contributed by atoms with Gasteiger partial charge < -0.3 is 40.3 Å². The second-order valence-electron chi connectivity index (χ2n) is 12.1. The maximum absolute atomic E-state index is 13.1. The lowest BCUT2D eigenvalue weighted by Gasteiger charge is -2.38. The molecule has 0 radical (unpaired) electrons. The molecular weight excluding hydrogens is 606 g/mol. The first-order chi connectivity index (χ1) is 21.8. The fraction of sp³-hybridized carbons (Fsp3) is 0.500. The molecule has 5 rings (SSSR count). The summed E-state index contributed by atoms with van der Waals surface area (Å²) in [5.41, 5.74) is 1.19. The first-order valence-corrected chi connectivity index (χ1v) is 15.1. The van der Waals surface area contributed by atoms with Gasteiger partial charge in [0.15, 0.2) is 6.29 Å². The maximum atomic E-state index is 13.1. The van der Waals surface area contributed by atoms with E-state index in [4.69, 9.17) is 9.47 Å². The zero-order valence-electron chi connectivity index (χ0n) is 25.3. The molecule has 14 heteroatoms. The van der Waals surface area contributed by atoms with Crippen LogP contribution >= 0.6 is 0 Å². The Morgan fingerprint density at radius 1 is 1.02 bits per heavy atom. The number of aromatic nitrogens is 3. The maximum Gasteiger partial charge on any atom is 0.309 e. The first kappa shape index (κ1) is 33.7. The molecule has 0 bridgehead atoms. The molecular formula is C32H38F2N4O8. The van der Waals surface area contributed by atoms with Crippen LogP contribution in [0, 0.1) is 18.8 Å². The van der Waals surface area contributed by atoms with Crippen molar-refractivity contribution in [3.05, 3.63) is 65.6 Å². The molecule has 0 unspecified atom stereocenters. The van der Waals surface area contributed by atoms with E-state index in [1.54, 1.807) is 31.3 Å². The number of pyridine rings is 3. The SMILES string of the molecule is Cc1cc(Nc2cc(C(F)F)ccn2)nc(-c2ccc([C@](C)(O)[C@H]3CC[C@H](C(=O)OC[C@H]4O[C@H](O)[C@H](O)[C@@H](O)[C@@H]4O)CC3)nc2)c1. The largest absolute Gasteiger partial charge is 0.463 e. The number of halogens is 2. The van der Waals surface area contributed by atoms with Crippen LogP contribution in [-0.4, -0.2) is 83.8 Å². The Balaban J connectivity index is 1.18. The quantitative estimate of drug-likeness (QED) is 0.187. The number of nitrogens with zero attached hydrogens (tertiary/aromatic N) is 3. The fourth-order valence-electron chi connectivity index (χ4n) is 5.96. The first-order valence-electron chi connectivity index (χ1n) is 15.1. The summed E-state index contributed by atoms with van der Waals surface area (Å²) in [5.74, 6) is -0.464. The zero-order chi connectivity index (χ0) is 33.2. The summed E-state index contributed by atoms with van der Waals surface area (Å²) in [6, 6.07) is 9.68. The molecule has 0 spiro atoms. The average molecular weight is 645 g/mol. The van der Waals surface area contributed by atoms with Crippen LogP contribution in [-0.2, 0) is 19.9 Å². The summed E-state index contributed by atoms with van der Waals surface area (Å²) < 4.78 is 36.6. The van der Waals surface area contributed by atoms with Crippen molar-refractivity contribution < 1.29 is 48.6 Å². The van der Waals surface area contributed by atoms with E-state index in [2.05, 4.69) is 20.3 Å². The normalized spacial score (nSPS) is 28.0. The van der Waals surface area contributed by atoms with Crippen LogP contribution in [0.1, 0.15) is 55.9 Å². The van der Waals surface area contributed by atoms with Crippen molar-refractivity contribution in [1.82, 2.24) is 15.0 Å². The monoisotopic (exact) mass is 644 g/mol. The molecule has 1 aliphatic heterocycles. The van der Waals surface area contributed by atoms with Gasteiger partial charge in [0.1, 0.15) is 48.3 Å². The summed E-state index contributed by atoms with van der Waals surface area (Å²) in [5, 5.41) is 53.7. The number of ether oxygens (including phenoxy) is 2. The zero-order valence-corrected chi connectivity index (χ0v) is 25.3. The molecule has 12 nitrogen and oxygen atoms in total. The van der Waals surface area contributed by atoms with Crippen molar-refractivity contribution in [1.29, 1.82) is 0 Å². The molecule has 1 saturated carbocycles. The topological polar surface area (TPSA) is 187 Å². The summed E-state index contributed by atoms with van der Waals surface area (Å²) in [6.45, 7) is 3.18. The van der Waals surface area contributed by atoms with E-state index in [1.165, 1.54) is 18.3 Å². The van der Waals surface area contributed by atoms with Gasteiger partial charge in [-0.3, -0.25) is 9.78 Å². The lowest BCUT2D eigenvalue weighted by atomic mass is 9.73. The molecule has 2 aliphatic rings. The Bertz CT molecular complexity index is 1500. The van der Waals surface area contributed by atoms with Gasteiger partial charge >= 0.3 is 5.97 Å². The smallest absolute Gasteiger partial charge is 0.309 e. The Hall–Kier alpha value is -3.66. The Morgan fingerprint density at radius 2 is 1.76 bits per heavy atom. The molecule has 3 aromatic rings. The highest BCUT2D eigenvalue weighted by Gasteiger charge is 2.44. The van der Waals surface area contributed by atoms with Gasteiger partial charge in [0.25, 0.3) is 6.43 Å². The summed E-state index contributed by atoms with van der Waals surface area (Å²) in [4.78, 5) is 25.9. The molecule has 0 amide bonds. The number of anilines is 2. The van der Waals surface area contributed by atoms with Gasteiger partial charge in [-0.05, 0) is 87.4 Å². The lowest BCUT2D eigenvalue weighted by molar-refractivity contribution is -0.287. The van der Waals surface area contributed by atoms with Crippen molar-refractivity contribution >= 4 is 17.6 Å². The molecule has 4 heterocycles. The summed E-state index contributed by atoms with van der Waals surface area (Å²) >= 11 is 0. The number of nitrogens with one attached hydrogen (secondary N) is 1. The summed E-state index contributed by atoms with van der Waals surface area (Å²) in [6.07, 6.45) is -5.50. The van der Waals surface area contributed by atoms with Crippen molar-refractivity contribution in [3.63, 3.8) is 0 Å². The molecule has 6 N–H and O–H groups in total. The second-order valence-corrected chi connectivity index (χ2v) is 12.1. The standard InChI is InChI=1S/C32H38F2N4O8/c1-16-11-21(37-25(12-16)38-24-13-18(29(33)34)9-10-35-24)19-5-8-23(36-14-19)32(2,44)20-6-3-17(4-7-20)30(42)45-15-22-26(39)27(40)28(41)31(43)46-22/h5,8-14,17,20,22,26-29,31,39-41,43-44H,3-4,6-7,15H2,1-2H3,(H,35,37,38)/t17-,20-,22-,26-,27+,28-,31+,32-/m1/s1. The van der Waals surface area contributed by atoms with Gasteiger partial charge in [0.2, 0.25) is 0 Å². The highest BCUT2D eigenvalue weighted by molar-refractivity contribution is 5.72. The molecule has 2 fully saturated rings. The van der Waals surface area contributed by atoms with E-state index < -0.39 is 61.2 Å². The van der Waals surface area contributed by atoms with Crippen LogP contribution in [0.4, 0.5) is 20.4 Å². The van der Waals surface area contributed by atoms with Crippen LogP contribution in [0.2, 0.25) is 0 Å². The number of aliphatic hydroxyl groups is 5. The van der Waals surface area contributed by atoms with Gasteiger partial charge in [-0.15, -0.1) is 0 Å². The van der Waals surface area contributed by atoms with Crippen molar-refractivity contribution in [3.8, 4) is 11.3 Å². The van der Waals surface area contributed by atoms with Crippen LogP contribution < -0.4 is 5.32 Å². The Kier molecular flexibility index (Phi) is 10.2. The summed E-state index contributed by atoms with van der Waals surface area (Å²) in [7, 11) is 0.